The molecule has 0 aromatic heterocycles. The Morgan fingerprint density at radius 3 is 2.65 bits per heavy atom. The van der Waals surface area contributed by atoms with Gasteiger partial charge in [0.15, 0.2) is 0 Å². The van der Waals surface area contributed by atoms with Crippen LogP contribution in [0.2, 0.25) is 0 Å². The second kappa shape index (κ2) is 5.59. The number of aromatic carboxylic acids is 1. The molecule has 0 radical (unpaired) electrons. The average molecular weight is 306 g/mol. The van der Waals surface area contributed by atoms with Crippen LogP contribution in [0.4, 0.5) is 8.78 Å². The molecule has 0 fully saturated rings. The van der Waals surface area contributed by atoms with Crippen LogP contribution in [0, 0.1) is 11.3 Å². The van der Waals surface area contributed by atoms with Gasteiger partial charge in [-0.2, -0.15) is 14.0 Å². The number of benzene rings is 1. The third-order valence-corrected chi connectivity index (χ3v) is 2.49. The van der Waals surface area contributed by atoms with Gasteiger partial charge in [0.2, 0.25) is 0 Å². The summed E-state index contributed by atoms with van der Waals surface area (Å²) in [5.74, 6) is -1.63. The largest absolute Gasteiger partial charge is 0.478 e. The molecule has 1 aromatic carbocycles. The second-order valence-corrected chi connectivity index (χ2v) is 3.49. The van der Waals surface area contributed by atoms with Crippen molar-refractivity contribution < 1.29 is 23.4 Å². The smallest absolute Gasteiger partial charge is 0.387 e. The molecule has 0 heterocycles. The molecule has 0 spiro atoms. The standard InChI is InChI=1S/C10H6BrF2NO3/c11-3-7-6(4-14)1-5(9(15)16)2-8(7)17-10(12)13/h1-2,10H,3H2,(H,15,16). The van der Waals surface area contributed by atoms with Gasteiger partial charge in [0, 0.05) is 10.9 Å². The molecule has 0 unspecified atom stereocenters. The zero-order chi connectivity index (χ0) is 13.0. The summed E-state index contributed by atoms with van der Waals surface area (Å²) >= 11 is 3.03. The second-order valence-electron chi connectivity index (χ2n) is 2.93. The molecule has 1 rings (SSSR count). The molecule has 0 bridgehead atoms. The Morgan fingerprint density at radius 2 is 2.24 bits per heavy atom. The summed E-state index contributed by atoms with van der Waals surface area (Å²) in [6.07, 6.45) is 0. The minimum absolute atomic E-state index is 0.0163. The van der Waals surface area contributed by atoms with E-state index in [0.717, 1.165) is 12.1 Å². The zero-order valence-electron chi connectivity index (χ0n) is 8.28. The predicted molar refractivity (Wildman–Crippen MR) is 57.4 cm³/mol. The third kappa shape index (κ3) is 3.14. The molecule has 1 aromatic rings. The highest BCUT2D eigenvalue weighted by atomic mass is 79.9. The topological polar surface area (TPSA) is 70.3 Å². The summed E-state index contributed by atoms with van der Waals surface area (Å²) in [6, 6.07) is 3.81. The molecular formula is C10H6BrF2NO3. The van der Waals surface area contributed by atoms with E-state index in [-0.39, 0.29) is 27.8 Å². The summed E-state index contributed by atoms with van der Waals surface area (Å²) in [5, 5.41) is 17.7. The van der Waals surface area contributed by atoms with Crippen LogP contribution in [-0.4, -0.2) is 17.7 Å². The summed E-state index contributed by atoms with van der Waals surface area (Å²) in [6.45, 7) is -3.08. The number of hydrogen-bond acceptors (Lipinski definition) is 3. The van der Waals surface area contributed by atoms with Gasteiger partial charge >= 0.3 is 12.6 Å². The molecule has 0 saturated carbocycles. The van der Waals surface area contributed by atoms with E-state index in [0.29, 0.717) is 0 Å². The molecule has 4 nitrogen and oxygen atoms in total. The van der Waals surface area contributed by atoms with Crippen LogP contribution in [0.15, 0.2) is 12.1 Å². The number of nitrogens with zero attached hydrogens (tertiary/aromatic N) is 1. The molecule has 0 saturated heterocycles. The van der Waals surface area contributed by atoms with Gasteiger partial charge in [-0.15, -0.1) is 0 Å². The van der Waals surface area contributed by atoms with Gasteiger partial charge in [0.05, 0.1) is 17.2 Å². The molecule has 1 N–H and O–H groups in total. The predicted octanol–water partition coefficient (Wildman–Crippen LogP) is 2.75. The molecule has 0 aliphatic rings. The Kier molecular flexibility index (Phi) is 4.40. The van der Waals surface area contributed by atoms with Gasteiger partial charge in [-0.1, -0.05) is 15.9 Å². The quantitative estimate of drug-likeness (QED) is 0.868. The summed E-state index contributed by atoms with van der Waals surface area (Å²) < 4.78 is 28.5. The molecule has 17 heavy (non-hydrogen) atoms. The normalized spacial score (nSPS) is 10.1. The van der Waals surface area contributed by atoms with Gasteiger partial charge in [-0.25, -0.2) is 4.79 Å². The highest BCUT2D eigenvalue weighted by Crippen LogP contribution is 2.28. The van der Waals surface area contributed by atoms with E-state index in [1.54, 1.807) is 6.07 Å². The minimum Gasteiger partial charge on any atom is -0.478 e. The molecular weight excluding hydrogens is 300 g/mol. The van der Waals surface area contributed by atoms with E-state index in [1.165, 1.54) is 0 Å². The average Bonchev–Trinajstić information content (AvgIpc) is 2.26. The van der Waals surface area contributed by atoms with Gasteiger partial charge in [-0.05, 0) is 12.1 Å². The number of alkyl halides is 3. The number of halogens is 3. The van der Waals surface area contributed by atoms with Gasteiger partial charge in [0.25, 0.3) is 0 Å². The van der Waals surface area contributed by atoms with E-state index in [1.807, 2.05) is 0 Å². The van der Waals surface area contributed by atoms with Crippen molar-refractivity contribution in [2.24, 2.45) is 0 Å². The van der Waals surface area contributed by atoms with Crippen molar-refractivity contribution in [3.8, 4) is 11.8 Å². The lowest BCUT2D eigenvalue weighted by Crippen LogP contribution is -2.07. The third-order valence-electron chi connectivity index (χ3n) is 1.93. The zero-order valence-corrected chi connectivity index (χ0v) is 9.87. The van der Waals surface area contributed by atoms with Crippen molar-refractivity contribution in [2.45, 2.75) is 11.9 Å². The first-order chi connectivity index (χ1) is 7.99. The lowest BCUT2D eigenvalue weighted by molar-refractivity contribution is -0.0504. The van der Waals surface area contributed by atoms with Gasteiger partial charge in [0.1, 0.15) is 5.75 Å². The van der Waals surface area contributed by atoms with Gasteiger partial charge < -0.3 is 9.84 Å². The molecule has 0 aliphatic carbocycles. The number of rotatable bonds is 4. The summed E-state index contributed by atoms with van der Waals surface area (Å²) in [4.78, 5) is 10.7. The number of nitriles is 1. The molecule has 90 valence electrons. The van der Waals surface area contributed by atoms with Crippen LogP contribution in [0.25, 0.3) is 0 Å². The van der Waals surface area contributed by atoms with Crippen LogP contribution < -0.4 is 4.74 Å². The van der Waals surface area contributed by atoms with Crippen molar-refractivity contribution in [1.82, 2.24) is 0 Å². The van der Waals surface area contributed by atoms with Crippen molar-refractivity contribution in [3.05, 3.63) is 28.8 Å². The number of carboxylic acid groups (broad SMARTS) is 1. The first-order valence-corrected chi connectivity index (χ1v) is 5.42. The Labute approximate surface area is 104 Å². The molecule has 0 atom stereocenters. The van der Waals surface area contributed by atoms with E-state index >= 15 is 0 Å². The van der Waals surface area contributed by atoms with Crippen LogP contribution in [0.3, 0.4) is 0 Å². The first kappa shape index (κ1) is 13.4. The highest BCUT2D eigenvalue weighted by Gasteiger charge is 2.17. The monoisotopic (exact) mass is 305 g/mol. The maximum Gasteiger partial charge on any atom is 0.387 e. The maximum absolute atomic E-state index is 12.1. The van der Waals surface area contributed by atoms with Crippen molar-refractivity contribution in [2.75, 3.05) is 0 Å². The fraction of sp³-hybridized carbons (Fsp3) is 0.200. The highest BCUT2D eigenvalue weighted by molar-refractivity contribution is 9.08. The van der Waals surface area contributed by atoms with E-state index < -0.39 is 12.6 Å². The molecule has 0 aliphatic heterocycles. The van der Waals surface area contributed by atoms with E-state index in [9.17, 15) is 13.6 Å². The molecule has 7 heteroatoms. The fourth-order valence-electron chi connectivity index (χ4n) is 1.21. The van der Waals surface area contributed by atoms with Crippen molar-refractivity contribution in [1.29, 1.82) is 5.26 Å². The van der Waals surface area contributed by atoms with E-state index in [2.05, 4.69) is 20.7 Å². The van der Waals surface area contributed by atoms with Gasteiger partial charge in [-0.3, -0.25) is 0 Å². The molecule has 0 amide bonds. The van der Waals surface area contributed by atoms with Crippen LogP contribution in [0.1, 0.15) is 21.5 Å². The minimum atomic E-state index is -3.08. The Morgan fingerprint density at radius 1 is 1.59 bits per heavy atom. The number of carbonyl (C=O) groups is 1. The first-order valence-electron chi connectivity index (χ1n) is 4.30. The van der Waals surface area contributed by atoms with Crippen LogP contribution in [-0.2, 0) is 5.33 Å². The van der Waals surface area contributed by atoms with E-state index in [4.69, 9.17) is 10.4 Å². The Balaban J connectivity index is 3.38. The summed E-state index contributed by atoms with van der Waals surface area (Å²) in [5.41, 5.74) is -0.0999. The fourth-order valence-corrected chi connectivity index (χ4v) is 1.79. The lowest BCUT2D eigenvalue weighted by atomic mass is 10.0. The lowest BCUT2D eigenvalue weighted by Gasteiger charge is -2.11. The summed E-state index contributed by atoms with van der Waals surface area (Å²) in [7, 11) is 0. The Bertz CT molecular complexity index is 485. The Hall–Kier alpha value is -1.68. The number of ether oxygens (including phenoxy) is 1. The van der Waals surface area contributed by atoms with Crippen LogP contribution in [0.5, 0.6) is 5.75 Å². The number of hydrogen-bond donors (Lipinski definition) is 1. The van der Waals surface area contributed by atoms with Crippen molar-refractivity contribution >= 4 is 21.9 Å². The van der Waals surface area contributed by atoms with Crippen LogP contribution >= 0.6 is 15.9 Å². The maximum atomic E-state index is 12.1. The van der Waals surface area contributed by atoms with Crippen molar-refractivity contribution in [3.63, 3.8) is 0 Å². The SMILES string of the molecule is N#Cc1cc(C(=O)O)cc(OC(F)F)c1CBr. The number of carboxylic acids is 1.